The van der Waals surface area contributed by atoms with Crippen LogP contribution < -0.4 is 21.5 Å². The Morgan fingerprint density at radius 1 is 1.14 bits per heavy atom. The van der Waals surface area contributed by atoms with Crippen LogP contribution in [0.2, 0.25) is 0 Å². The van der Waals surface area contributed by atoms with Crippen LogP contribution in [-0.4, -0.2) is 0 Å². The number of rotatable bonds is 2. The van der Waals surface area contributed by atoms with Gasteiger partial charge in [0.15, 0.2) is 12.7 Å². The Morgan fingerprint density at radius 3 is 2.64 bits per heavy atom. The highest BCUT2D eigenvalue weighted by atomic mass is 79.9. The molecule has 0 bridgehead atoms. The number of hydrogen-bond donors (Lipinski definition) is 0. The number of halogens is 1. The van der Waals surface area contributed by atoms with Crippen molar-refractivity contribution < 1.29 is 21.5 Å². The van der Waals surface area contributed by atoms with Crippen LogP contribution in [0.5, 0.6) is 0 Å². The molecule has 1 aromatic carbocycles. The fourth-order valence-electron chi connectivity index (χ4n) is 1.52. The first-order valence-electron chi connectivity index (χ1n) is 4.40. The molecule has 0 N–H and O–H groups in total. The summed E-state index contributed by atoms with van der Waals surface area (Å²) in [6.07, 6.45) is 3.98. The lowest BCUT2D eigenvalue weighted by molar-refractivity contribution is -0.660. The van der Waals surface area contributed by atoms with Crippen molar-refractivity contribution >= 4 is 10.9 Å². The minimum atomic E-state index is 0. The van der Waals surface area contributed by atoms with Crippen molar-refractivity contribution in [2.75, 3.05) is 0 Å². The van der Waals surface area contributed by atoms with Crippen LogP contribution in [0, 0.1) is 0 Å². The summed E-state index contributed by atoms with van der Waals surface area (Å²) in [4.78, 5) is 0. The molecule has 2 heteroatoms. The zero-order valence-corrected chi connectivity index (χ0v) is 9.44. The fraction of sp³-hybridized carbons (Fsp3) is 0.0833. The Labute approximate surface area is 94.5 Å². The Kier molecular flexibility index (Phi) is 3.84. The van der Waals surface area contributed by atoms with E-state index in [-0.39, 0.29) is 17.0 Å². The zero-order chi connectivity index (χ0) is 9.10. The maximum absolute atomic E-state index is 3.74. The van der Waals surface area contributed by atoms with Gasteiger partial charge in [0.05, 0.1) is 0 Å². The molecule has 1 heterocycles. The third-order valence-corrected chi connectivity index (χ3v) is 2.11. The summed E-state index contributed by atoms with van der Waals surface area (Å²) in [5, 5.41) is 1.27. The number of nitrogens with zero attached hydrogens (tertiary/aromatic N) is 1. The SMILES string of the molecule is C=CC[n+]1cccc2ccccc21.[Br-]. The molecule has 0 spiro atoms. The standard InChI is InChI=1S/C12H12N.BrH/c1-2-9-13-10-5-7-11-6-3-4-8-12(11)13;/h2-8,10H,1,9H2;1H/q+1;/p-1. The van der Waals surface area contributed by atoms with Gasteiger partial charge in [0.25, 0.3) is 0 Å². The molecule has 0 aliphatic carbocycles. The molecule has 0 unspecified atom stereocenters. The minimum absolute atomic E-state index is 0. The third kappa shape index (κ3) is 2.02. The highest BCUT2D eigenvalue weighted by molar-refractivity contribution is 5.74. The first kappa shape index (κ1) is 10.9. The first-order chi connectivity index (χ1) is 6.42. The van der Waals surface area contributed by atoms with Crippen LogP contribution in [0.1, 0.15) is 0 Å². The lowest BCUT2D eigenvalue weighted by Crippen LogP contribution is -3.00. The van der Waals surface area contributed by atoms with E-state index in [0.29, 0.717) is 0 Å². The lowest BCUT2D eigenvalue weighted by Gasteiger charge is -1.96. The smallest absolute Gasteiger partial charge is 0.212 e. The molecule has 72 valence electrons. The Bertz CT molecular complexity index is 432. The Morgan fingerprint density at radius 2 is 1.86 bits per heavy atom. The molecule has 0 saturated carbocycles. The van der Waals surface area contributed by atoms with Crippen LogP contribution >= 0.6 is 0 Å². The maximum Gasteiger partial charge on any atom is 0.212 e. The van der Waals surface area contributed by atoms with E-state index in [0.717, 1.165) is 6.54 Å². The first-order valence-corrected chi connectivity index (χ1v) is 4.40. The van der Waals surface area contributed by atoms with Gasteiger partial charge in [0.1, 0.15) is 0 Å². The minimum Gasteiger partial charge on any atom is -1.00 e. The second-order valence-corrected chi connectivity index (χ2v) is 3.01. The van der Waals surface area contributed by atoms with E-state index in [1.165, 1.54) is 10.9 Å². The van der Waals surface area contributed by atoms with Crippen molar-refractivity contribution in [3.05, 3.63) is 55.3 Å². The summed E-state index contributed by atoms with van der Waals surface area (Å²) in [6, 6.07) is 12.5. The molecule has 0 amide bonds. The van der Waals surface area contributed by atoms with E-state index in [1.54, 1.807) is 0 Å². The van der Waals surface area contributed by atoms with Gasteiger partial charge in [-0.3, -0.25) is 0 Å². The summed E-state index contributed by atoms with van der Waals surface area (Å²) in [5.74, 6) is 0. The lowest BCUT2D eigenvalue weighted by atomic mass is 10.2. The predicted molar refractivity (Wildman–Crippen MR) is 54.3 cm³/mol. The van der Waals surface area contributed by atoms with Crippen LogP contribution in [0.3, 0.4) is 0 Å². The quantitative estimate of drug-likeness (QED) is 0.491. The highest BCUT2D eigenvalue weighted by Gasteiger charge is 2.03. The molecule has 0 atom stereocenters. The van der Waals surface area contributed by atoms with Crippen LogP contribution in [-0.2, 0) is 6.54 Å². The maximum atomic E-state index is 3.74. The van der Waals surface area contributed by atoms with E-state index in [2.05, 4.69) is 53.7 Å². The molecule has 2 rings (SSSR count). The summed E-state index contributed by atoms with van der Waals surface area (Å²) in [7, 11) is 0. The summed E-state index contributed by atoms with van der Waals surface area (Å²) in [5.41, 5.74) is 1.25. The highest BCUT2D eigenvalue weighted by Crippen LogP contribution is 2.07. The number of benzene rings is 1. The molecular formula is C12H12BrN. The van der Waals surface area contributed by atoms with E-state index < -0.39 is 0 Å². The van der Waals surface area contributed by atoms with Gasteiger partial charge < -0.3 is 17.0 Å². The topological polar surface area (TPSA) is 3.88 Å². The average Bonchev–Trinajstić information content (AvgIpc) is 2.19. The number of hydrogen-bond acceptors (Lipinski definition) is 0. The largest absolute Gasteiger partial charge is 1.00 e. The van der Waals surface area contributed by atoms with Gasteiger partial charge in [0.2, 0.25) is 5.52 Å². The molecular weight excluding hydrogens is 238 g/mol. The van der Waals surface area contributed by atoms with E-state index in [9.17, 15) is 0 Å². The molecule has 0 aliphatic heterocycles. The van der Waals surface area contributed by atoms with Crippen molar-refractivity contribution in [1.29, 1.82) is 0 Å². The van der Waals surface area contributed by atoms with Gasteiger partial charge in [0, 0.05) is 17.5 Å². The molecule has 2 aromatic rings. The fourth-order valence-corrected chi connectivity index (χ4v) is 1.52. The van der Waals surface area contributed by atoms with E-state index in [4.69, 9.17) is 0 Å². The van der Waals surface area contributed by atoms with Gasteiger partial charge in [-0.1, -0.05) is 18.7 Å². The predicted octanol–water partition coefficient (Wildman–Crippen LogP) is -0.683. The van der Waals surface area contributed by atoms with Gasteiger partial charge in [-0.25, -0.2) is 0 Å². The van der Waals surface area contributed by atoms with Crippen LogP contribution in [0.25, 0.3) is 10.9 Å². The molecule has 0 radical (unpaired) electrons. The molecule has 0 aliphatic rings. The van der Waals surface area contributed by atoms with Crippen LogP contribution in [0.4, 0.5) is 0 Å². The number of pyridine rings is 1. The van der Waals surface area contributed by atoms with Crippen molar-refractivity contribution in [1.82, 2.24) is 0 Å². The summed E-state index contributed by atoms with van der Waals surface area (Å²) < 4.78 is 2.18. The second kappa shape index (κ2) is 4.91. The molecule has 14 heavy (non-hydrogen) atoms. The van der Waals surface area contributed by atoms with Crippen molar-refractivity contribution in [2.45, 2.75) is 6.54 Å². The molecule has 0 fully saturated rings. The summed E-state index contributed by atoms with van der Waals surface area (Å²) in [6.45, 7) is 4.60. The molecule has 0 saturated heterocycles. The van der Waals surface area contributed by atoms with Crippen LogP contribution in [0.15, 0.2) is 55.3 Å². The molecule has 1 nitrogen and oxygen atoms in total. The third-order valence-electron chi connectivity index (χ3n) is 2.11. The normalized spacial score (nSPS) is 9.43. The Hall–Kier alpha value is -1.15. The van der Waals surface area contributed by atoms with Gasteiger partial charge in [-0.2, -0.15) is 4.57 Å². The van der Waals surface area contributed by atoms with Crippen molar-refractivity contribution in [2.24, 2.45) is 0 Å². The zero-order valence-electron chi connectivity index (χ0n) is 7.86. The monoisotopic (exact) mass is 249 g/mol. The van der Waals surface area contributed by atoms with Crippen molar-refractivity contribution in [3.63, 3.8) is 0 Å². The van der Waals surface area contributed by atoms with E-state index >= 15 is 0 Å². The van der Waals surface area contributed by atoms with Gasteiger partial charge in [-0.15, -0.1) is 0 Å². The average molecular weight is 250 g/mol. The van der Waals surface area contributed by atoms with Gasteiger partial charge >= 0.3 is 0 Å². The van der Waals surface area contributed by atoms with E-state index in [1.807, 2.05) is 6.08 Å². The number of para-hydroxylation sites is 1. The number of aromatic nitrogens is 1. The number of allylic oxidation sites excluding steroid dienone is 1. The second-order valence-electron chi connectivity index (χ2n) is 3.01. The number of fused-ring (bicyclic) bond motifs is 1. The van der Waals surface area contributed by atoms with Crippen molar-refractivity contribution in [3.8, 4) is 0 Å². The molecule has 1 aromatic heterocycles. The Balaban J connectivity index is 0.000000980. The van der Waals surface area contributed by atoms with Gasteiger partial charge in [-0.05, 0) is 18.2 Å². The summed E-state index contributed by atoms with van der Waals surface area (Å²) >= 11 is 0.